The van der Waals surface area contributed by atoms with Crippen LogP contribution in [0.5, 0.6) is 5.75 Å². The molecular weight excluding hydrogens is 298 g/mol. The largest absolute Gasteiger partial charge is 0.489 e. The number of hydrogen-bond acceptors (Lipinski definition) is 2. The maximum absolute atomic E-state index is 11.1. The fourth-order valence-corrected chi connectivity index (χ4v) is 2.55. The van der Waals surface area contributed by atoms with Gasteiger partial charge >= 0.3 is 0 Å². The number of ether oxygens (including phenoxy) is 1. The van der Waals surface area contributed by atoms with Gasteiger partial charge in [0.2, 0.25) is 6.41 Å². The third-order valence-corrected chi connectivity index (χ3v) is 3.86. The van der Waals surface area contributed by atoms with E-state index in [9.17, 15) is 4.79 Å². The van der Waals surface area contributed by atoms with E-state index in [0.29, 0.717) is 6.61 Å². The third-order valence-electron chi connectivity index (χ3n) is 3.86. The molecule has 0 aliphatic heterocycles. The van der Waals surface area contributed by atoms with Crippen molar-refractivity contribution in [2.24, 2.45) is 0 Å². The fraction of sp³-hybridized carbons (Fsp3) is 0.0952. The first kappa shape index (κ1) is 15.8. The first-order valence-electron chi connectivity index (χ1n) is 7.82. The van der Waals surface area contributed by atoms with Crippen molar-refractivity contribution >= 4 is 12.1 Å². The highest BCUT2D eigenvalue weighted by molar-refractivity contribution is 5.86. The van der Waals surface area contributed by atoms with Crippen molar-refractivity contribution in [3.63, 3.8) is 0 Å². The predicted octanol–water partition coefficient (Wildman–Crippen LogP) is 4.53. The molecule has 0 saturated carbocycles. The van der Waals surface area contributed by atoms with Gasteiger partial charge in [0, 0.05) is 12.6 Å². The minimum atomic E-state index is 0.546. The van der Waals surface area contributed by atoms with E-state index in [-0.39, 0.29) is 0 Å². The third kappa shape index (κ3) is 3.63. The van der Waals surface area contributed by atoms with Crippen LogP contribution in [0, 0.1) is 0 Å². The average Bonchev–Trinajstić information content (AvgIpc) is 2.67. The van der Waals surface area contributed by atoms with Gasteiger partial charge in [-0.1, -0.05) is 60.7 Å². The van der Waals surface area contributed by atoms with Crippen molar-refractivity contribution in [3.8, 4) is 16.9 Å². The van der Waals surface area contributed by atoms with Crippen molar-refractivity contribution in [1.82, 2.24) is 0 Å². The number of nitrogens with zero attached hydrogens (tertiary/aromatic N) is 1. The maximum Gasteiger partial charge on any atom is 0.213 e. The number of amides is 1. The molecule has 0 aliphatic carbocycles. The zero-order valence-electron chi connectivity index (χ0n) is 13.6. The van der Waals surface area contributed by atoms with Gasteiger partial charge in [-0.25, -0.2) is 0 Å². The van der Waals surface area contributed by atoms with E-state index in [1.54, 1.807) is 11.9 Å². The summed E-state index contributed by atoms with van der Waals surface area (Å²) in [6.45, 7) is 0.546. The molecule has 0 fully saturated rings. The van der Waals surface area contributed by atoms with Crippen molar-refractivity contribution in [1.29, 1.82) is 0 Å². The predicted molar refractivity (Wildman–Crippen MR) is 97.1 cm³/mol. The maximum atomic E-state index is 11.1. The van der Waals surface area contributed by atoms with Crippen molar-refractivity contribution in [2.75, 3.05) is 11.9 Å². The Morgan fingerprint density at radius 1 is 0.875 bits per heavy atom. The lowest BCUT2D eigenvalue weighted by Gasteiger charge is -2.16. The van der Waals surface area contributed by atoms with Crippen LogP contribution in [0.15, 0.2) is 78.9 Å². The standard InChI is InChI=1S/C21H19NO2/c1-22(16-23)21-10-6-5-9-20(21)18-11-13-19(14-12-18)24-15-17-7-3-2-4-8-17/h2-14,16H,15H2,1H3. The Hall–Kier alpha value is -3.07. The van der Waals surface area contributed by atoms with Crippen molar-refractivity contribution in [2.45, 2.75) is 6.61 Å². The van der Waals surface area contributed by atoms with Crippen LogP contribution in [-0.2, 0) is 11.4 Å². The van der Waals surface area contributed by atoms with Gasteiger partial charge in [-0.05, 0) is 29.3 Å². The van der Waals surface area contributed by atoms with E-state index in [2.05, 4.69) is 0 Å². The van der Waals surface area contributed by atoms with Gasteiger partial charge in [0.1, 0.15) is 12.4 Å². The highest BCUT2D eigenvalue weighted by Crippen LogP contribution is 2.30. The van der Waals surface area contributed by atoms with Gasteiger partial charge in [-0.15, -0.1) is 0 Å². The summed E-state index contributed by atoms with van der Waals surface area (Å²) >= 11 is 0. The van der Waals surface area contributed by atoms with E-state index >= 15 is 0 Å². The molecule has 3 aromatic carbocycles. The Morgan fingerprint density at radius 2 is 1.54 bits per heavy atom. The van der Waals surface area contributed by atoms with E-state index < -0.39 is 0 Å². The number of anilines is 1. The molecule has 0 saturated heterocycles. The smallest absolute Gasteiger partial charge is 0.213 e. The number of rotatable bonds is 6. The van der Waals surface area contributed by atoms with E-state index in [4.69, 9.17) is 4.74 Å². The number of hydrogen-bond donors (Lipinski definition) is 0. The highest BCUT2D eigenvalue weighted by atomic mass is 16.5. The second kappa shape index (κ2) is 7.47. The lowest BCUT2D eigenvalue weighted by atomic mass is 10.0. The van der Waals surface area contributed by atoms with E-state index in [1.165, 1.54) is 0 Å². The zero-order chi connectivity index (χ0) is 16.8. The van der Waals surface area contributed by atoms with Gasteiger partial charge in [-0.3, -0.25) is 4.79 Å². The minimum Gasteiger partial charge on any atom is -0.489 e. The average molecular weight is 317 g/mol. The summed E-state index contributed by atoms with van der Waals surface area (Å²) in [4.78, 5) is 12.6. The normalized spacial score (nSPS) is 10.2. The molecule has 0 aromatic heterocycles. The summed E-state index contributed by atoms with van der Waals surface area (Å²) in [6.07, 6.45) is 0.816. The quantitative estimate of drug-likeness (QED) is 0.625. The summed E-state index contributed by atoms with van der Waals surface area (Å²) < 4.78 is 5.82. The summed E-state index contributed by atoms with van der Waals surface area (Å²) in [5.74, 6) is 0.823. The molecule has 24 heavy (non-hydrogen) atoms. The SMILES string of the molecule is CN(C=O)c1ccccc1-c1ccc(OCc2ccccc2)cc1. The van der Waals surface area contributed by atoms with Gasteiger partial charge in [0.05, 0.1) is 5.69 Å². The van der Waals surface area contributed by atoms with Crippen LogP contribution < -0.4 is 9.64 Å². The number of para-hydroxylation sites is 1. The van der Waals surface area contributed by atoms with Crippen LogP contribution in [0.4, 0.5) is 5.69 Å². The Morgan fingerprint density at radius 3 is 2.25 bits per heavy atom. The van der Waals surface area contributed by atoms with Crippen LogP contribution >= 0.6 is 0 Å². The molecule has 0 N–H and O–H groups in total. The lowest BCUT2D eigenvalue weighted by Crippen LogP contribution is -2.14. The monoisotopic (exact) mass is 317 g/mol. The number of benzene rings is 3. The molecule has 3 rings (SSSR count). The van der Waals surface area contributed by atoms with Crippen LogP contribution in [-0.4, -0.2) is 13.5 Å². The summed E-state index contributed by atoms with van der Waals surface area (Å²) in [6, 6.07) is 25.9. The Kier molecular flexibility index (Phi) is 4.92. The second-order valence-corrected chi connectivity index (χ2v) is 5.53. The Bertz CT molecular complexity index is 798. The summed E-state index contributed by atoms with van der Waals surface area (Å²) in [7, 11) is 1.75. The number of carbonyl (C=O) groups excluding carboxylic acids is 1. The van der Waals surface area contributed by atoms with Crippen LogP contribution in [0.25, 0.3) is 11.1 Å². The first-order valence-corrected chi connectivity index (χ1v) is 7.82. The highest BCUT2D eigenvalue weighted by Gasteiger charge is 2.08. The van der Waals surface area contributed by atoms with E-state index in [1.807, 2.05) is 78.9 Å². The van der Waals surface area contributed by atoms with Crippen molar-refractivity contribution in [3.05, 3.63) is 84.4 Å². The lowest BCUT2D eigenvalue weighted by molar-refractivity contribution is -0.107. The molecule has 3 heteroatoms. The van der Waals surface area contributed by atoms with Gasteiger partial charge < -0.3 is 9.64 Å². The Balaban J connectivity index is 1.76. The molecule has 0 heterocycles. The molecule has 0 bridgehead atoms. The summed E-state index contributed by atoms with van der Waals surface area (Å²) in [5.41, 5.74) is 4.08. The second-order valence-electron chi connectivity index (χ2n) is 5.53. The molecule has 0 atom stereocenters. The molecule has 1 amide bonds. The minimum absolute atomic E-state index is 0.546. The van der Waals surface area contributed by atoms with Crippen LogP contribution in [0.1, 0.15) is 5.56 Å². The molecule has 0 radical (unpaired) electrons. The van der Waals surface area contributed by atoms with Gasteiger partial charge in [-0.2, -0.15) is 0 Å². The molecule has 3 aromatic rings. The molecular formula is C21H19NO2. The van der Waals surface area contributed by atoms with Gasteiger partial charge in [0.25, 0.3) is 0 Å². The molecule has 120 valence electrons. The molecule has 0 unspecified atom stereocenters. The van der Waals surface area contributed by atoms with Gasteiger partial charge in [0.15, 0.2) is 0 Å². The Labute approximate surface area is 142 Å². The zero-order valence-corrected chi connectivity index (χ0v) is 13.6. The fourth-order valence-electron chi connectivity index (χ4n) is 2.55. The summed E-state index contributed by atoms with van der Waals surface area (Å²) in [5, 5.41) is 0. The van der Waals surface area contributed by atoms with Crippen molar-refractivity contribution < 1.29 is 9.53 Å². The topological polar surface area (TPSA) is 29.5 Å². The number of carbonyl (C=O) groups is 1. The van der Waals surface area contributed by atoms with Crippen LogP contribution in [0.3, 0.4) is 0 Å². The molecule has 0 aliphatic rings. The van der Waals surface area contributed by atoms with Crippen LogP contribution in [0.2, 0.25) is 0 Å². The molecule has 0 spiro atoms. The van der Waals surface area contributed by atoms with E-state index in [0.717, 1.165) is 34.5 Å². The first-order chi connectivity index (χ1) is 11.8. The molecule has 3 nitrogen and oxygen atoms in total.